The molecule has 136 valence electrons. The molecular weight excluding hydrogens is 354 g/mol. The molecule has 27 heavy (non-hydrogen) atoms. The van der Waals surface area contributed by atoms with Crippen molar-refractivity contribution in [2.24, 2.45) is 4.99 Å². The van der Waals surface area contributed by atoms with Crippen molar-refractivity contribution in [3.8, 4) is 0 Å². The van der Waals surface area contributed by atoms with Crippen LogP contribution in [0.15, 0.2) is 88.0 Å². The lowest BCUT2D eigenvalue weighted by Gasteiger charge is -2.36. The molecule has 4 nitrogen and oxygen atoms in total. The summed E-state index contributed by atoms with van der Waals surface area (Å²) in [7, 11) is 0. The molecule has 4 rings (SSSR count). The Morgan fingerprint density at radius 3 is 2.44 bits per heavy atom. The average molecular weight is 375 g/mol. The summed E-state index contributed by atoms with van der Waals surface area (Å²) in [5.74, 6) is -0.109. The summed E-state index contributed by atoms with van der Waals surface area (Å²) in [5.41, 5.74) is 4.51. The molecule has 2 heterocycles. The molecule has 0 bridgehead atoms. The van der Waals surface area contributed by atoms with Gasteiger partial charge in [0, 0.05) is 11.4 Å². The smallest absolute Gasteiger partial charge is 0.255 e. The minimum atomic E-state index is -0.177. The number of allylic oxidation sites excluding steroid dienone is 2. The SMILES string of the molecule is CCC1=CSC2=NC(C)=C(C(=O)Nc3ccccc3)[C@@H](c3ccccc3)N12. The second-order valence-electron chi connectivity index (χ2n) is 6.48. The van der Waals surface area contributed by atoms with Crippen molar-refractivity contribution in [3.05, 3.63) is 88.6 Å². The van der Waals surface area contributed by atoms with Crippen LogP contribution < -0.4 is 5.32 Å². The molecule has 1 N–H and O–H groups in total. The standard InChI is InChI=1S/C22H21N3OS/c1-3-18-14-27-22-23-15(2)19(21(26)24-17-12-8-5-9-13-17)20(25(18)22)16-10-6-4-7-11-16/h4-14,20H,3H2,1-2H3,(H,24,26)/t20-/m1/s1. The molecule has 2 aliphatic heterocycles. The Bertz CT molecular complexity index is 948. The van der Waals surface area contributed by atoms with E-state index in [1.54, 1.807) is 11.8 Å². The lowest BCUT2D eigenvalue weighted by atomic mass is 9.93. The van der Waals surface area contributed by atoms with Gasteiger partial charge in [0.1, 0.15) is 0 Å². The molecule has 0 saturated heterocycles. The van der Waals surface area contributed by atoms with Gasteiger partial charge in [-0.2, -0.15) is 0 Å². The minimum absolute atomic E-state index is 0.109. The molecule has 2 aromatic carbocycles. The van der Waals surface area contributed by atoms with E-state index in [1.165, 1.54) is 5.70 Å². The number of aliphatic imine (C=N–C) groups is 1. The molecule has 1 atom stereocenters. The number of hydrogen-bond donors (Lipinski definition) is 1. The number of rotatable bonds is 4. The van der Waals surface area contributed by atoms with Crippen LogP contribution in [0.2, 0.25) is 0 Å². The van der Waals surface area contributed by atoms with E-state index in [-0.39, 0.29) is 11.9 Å². The Kier molecular flexibility index (Phi) is 4.86. The first-order chi connectivity index (χ1) is 13.2. The second kappa shape index (κ2) is 7.45. The van der Waals surface area contributed by atoms with Crippen LogP contribution in [0.25, 0.3) is 0 Å². The van der Waals surface area contributed by atoms with Gasteiger partial charge in [0.25, 0.3) is 5.91 Å². The molecule has 0 unspecified atom stereocenters. The van der Waals surface area contributed by atoms with Gasteiger partial charge in [-0.25, -0.2) is 4.99 Å². The van der Waals surface area contributed by atoms with E-state index in [4.69, 9.17) is 4.99 Å². The number of thioether (sulfide) groups is 1. The van der Waals surface area contributed by atoms with E-state index >= 15 is 0 Å². The predicted molar refractivity (Wildman–Crippen MR) is 112 cm³/mol. The highest BCUT2D eigenvalue weighted by molar-refractivity contribution is 8.16. The van der Waals surface area contributed by atoms with Gasteiger partial charge in [0.05, 0.1) is 17.3 Å². The number of nitrogens with one attached hydrogen (secondary N) is 1. The molecule has 0 fully saturated rings. The molecule has 0 aromatic heterocycles. The van der Waals surface area contributed by atoms with Crippen LogP contribution in [0.3, 0.4) is 0 Å². The van der Waals surface area contributed by atoms with Crippen molar-refractivity contribution in [1.29, 1.82) is 0 Å². The Balaban J connectivity index is 1.78. The molecule has 5 heteroatoms. The maximum absolute atomic E-state index is 13.3. The molecule has 0 saturated carbocycles. The van der Waals surface area contributed by atoms with Crippen molar-refractivity contribution < 1.29 is 4.79 Å². The number of benzene rings is 2. The zero-order valence-corrected chi connectivity index (χ0v) is 16.2. The lowest BCUT2D eigenvalue weighted by Crippen LogP contribution is -2.37. The first-order valence-corrected chi connectivity index (χ1v) is 9.92. The summed E-state index contributed by atoms with van der Waals surface area (Å²) in [6, 6.07) is 19.6. The quantitative estimate of drug-likeness (QED) is 0.787. The first-order valence-electron chi connectivity index (χ1n) is 9.04. The minimum Gasteiger partial charge on any atom is -0.322 e. The number of carbonyl (C=O) groups is 1. The van der Waals surface area contributed by atoms with Gasteiger partial charge in [-0.1, -0.05) is 67.2 Å². The summed E-state index contributed by atoms with van der Waals surface area (Å²) >= 11 is 1.63. The van der Waals surface area contributed by atoms with Gasteiger partial charge >= 0.3 is 0 Å². The monoisotopic (exact) mass is 375 g/mol. The summed E-state index contributed by atoms with van der Waals surface area (Å²) < 4.78 is 0. The average Bonchev–Trinajstić information content (AvgIpc) is 3.10. The Morgan fingerprint density at radius 2 is 1.78 bits per heavy atom. The van der Waals surface area contributed by atoms with Crippen LogP contribution in [0.4, 0.5) is 5.69 Å². The van der Waals surface area contributed by atoms with Crippen LogP contribution in [0.1, 0.15) is 31.9 Å². The highest BCUT2D eigenvalue weighted by Gasteiger charge is 2.39. The second-order valence-corrected chi connectivity index (χ2v) is 7.31. The third kappa shape index (κ3) is 3.30. The van der Waals surface area contributed by atoms with Crippen LogP contribution in [0, 0.1) is 0 Å². The van der Waals surface area contributed by atoms with E-state index in [0.717, 1.165) is 28.5 Å². The third-order valence-electron chi connectivity index (χ3n) is 4.75. The van der Waals surface area contributed by atoms with E-state index in [9.17, 15) is 4.79 Å². The topological polar surface area (TPSA) is 44.7 Å². The molecule has 1 amide bonds. The fraction of sp³-hybridized carbons (Fsp3) is 0.182. The Labute approximate surface area is 163 Å². The summed E-state index contributed by atoms with van der Waals surface area (Å²) in [5, 5.41) is 6.11. The Hall–Kier alpha value is -2.79. The first kappa shape index (κ1) is 17.6. The zero-order chi connectivity index (χ0) is 18.8. The summed E-state index contributed by atoms with van der Waals surface area (Å²) in [4.78, 5) is 20.2. The number of amides is 1. The number of para-hydroxylation sites is 1. The van der Waals surface area contributed by atoms with Gasteiger partial charge in [-0.05, 0) is 36.4 Å². The van der Waals surface area contributed by atoms with E-state index in [1.807, 2.05) is 55.5 Å². The van der Waals surface area contributed by atoms with Gasteiger partial charge in [-0.15, -0.1) is 0 Å². The van der Waals surface area contributed by atoms with Gasteiger partial charge < -0.3 is 10.2 Å². The molecule has 0 spiro atoms. The normalized spacial score (nSPS) is 18.7. The van der Waals surface area contributed by atoms with Crippen molar-refractivity contribution in [2.45, 2.75) is 26.3 Å². The molecule has 0 aliphatic carbocycles. The maximum atomic E-state index is 13.3. The van der Waals surface area contributed by atoms with Crippen molar-refractivity contribution in [1.82, 2.24) is 4.90 Å². The number of amidine groups is 1. The van der Waals surface area contributed by atoms with Gasteiger partial charge in [0.15, 0.2) is 5.17 Å². The molecule has 0 radical (unpaired) electrons. The third-order valence-corrected chi connectivity index (χ3v) is 5.64. The predicted octanol–water partition coefficient (Wildman–Crippen LogP) is 5.31. The summed E-state index contributed by atoms with van der Waals surface area (Å²) in [6.07, 6.45) is 0.891. The molecular formula is C22H21N3OS. The number of carbonyl (C=O) groups excluding carboxylic acids is 1. The Morgan fingerprint density at radius 1 is 1.11 bits per heavy atom. The van der Waals surface area contributed by atoms with Gasteiger partial charge in [0.2, 0.25) is 0 Å². The van der Waals surface area contributed by atoms with Crippen LogP contribution in [0.5, 0.6) is 0 Å². The van der Waals surface area contributed by atoms with Crippen molar-refractivity contribution in [2.75, 3.05) is 5.32 Å². The van der Waals surface area contributed by atoms with E-state index in [0.29, 0.717) is 5.57 Å². The number of fused-ring (bicyclic) bond motifs is 1. The number of anilines is 1. The lowest BCUT2D eigenvalue weighted by molar-refractivity contribution is -0.113. The highest BCUT2D eigenvalue weighted by atomic mass is 32.2. The summed E-state index contributed by atoms with van der Waals surface area (Å²) in [6.45, 7) is 4.05. The van der Waals surface area contributed by atoms with Crippen molar-refractivity contribution >= 4 is 28.5 Å². The number of nitrogens with zero attached hydrogens (tertiary/aromatic N) is 2. The molecule has 2 aliphatic rings. The van der Waals surface area contributed by atoms with Crippen LogP contribution >= 0.6 is 11.8 Å². The van der Waals surface area contributed by atoms with Crippen LogP contribution in [-0.2, 0) is 4.79 Å². The fourth-order valence-electron chi connectivity index (χ4n) is 3.46. The van der Waals surface area contributed by atoms with E-state index < -0.39 is 0 Å². The maximum Gasteiger partial charge on any atom is 0.255 e. The van der Waals surface area contributed by atoms with Crippen LogP contribution in [-0.4, -0.2) is 16.0 Å². The highest BCUT2D eigenvalue weighted by Crippen LogP contribution is 2.44. The zero-order valence-electron chi connectivity index (χ0n) is 15.3. The van der Waals surface area contributed by atoms with Gasteiger partial charge in [-0.3, -0.25) is 4.79 Å². The largest absolute Gasteiger partial charge is 0.322 e. The fourth-order valence-corrected chi connectivity index (χ4v) is 4.50. The van der Waals surface area contributed by atoms with Crippen molar-refractivity contribution in [3.63, 3.8) is 0 Å². The van der Waals surface area contributed by atoms with E-state index in [2.05, 4.69) is 34.7 Å². The molecule has 2 aromatic rings. The number of hydrogen-bond acceptors (Lipinski definition) is 4.